The van der Waals surface area contributed by atoms with Gasteiger partial charge in [-0.1, -0.05) is 6.07 Å². The first-order valence-electron chi connectivity index (χ1n) is 6.05. The van der Waals surface area contributed by atoms with Crippen LogP contribution < -0.4 is 5.32 Å². The molecule has 0 radical (unpaired) electrons. The van der Waals surface area contributed by atoms with Gasteiger partial charge in [0, 0.05) is 6.54 Å². The van der Waals surface area contributed by atoms with Gasteiger partial charge in [-0.05, 0) is 44.9 Å². The minimum absolute atomic E-state index is 0.0741. The summed E-state index contributed by atoms with van der Waals surface area (Å²) in [6.45, 7) is 5.26. The smallest absolute Gasteiger partial charge is 0.309 e. The molecular formula is C14H19NO4. The van der Waals surface area contributed by atoms with Crippen molar-refractivity contribution in [2.45, 2.75) is 27.2 Å². The third-order valence-corrected chi connectivity index (χ3v) is 3.01. The molecule has 1 rings (SSSR count). The van der Waals surface area contributed by atoms with Crippen LogP contribution in [0.2, 0.25) is 0 Å². The Morgan fingerprint density at radius 2 is 1.95 bits per heavy atom. The number of carboxylic acids is 1. The second kappa shape index (κ2) is 5.73. The number of carbonyl (C=O) groups is 2. The van der Waals surface area contributed by atoms with Crippen molar-refractivity contribution in [3.05, 3.63) is 29.3 Å². The zero-order valence-electron chi connectivity index (χ0n) is 11.4. The highest BCUT2D eigenvalue weighted by molar-refractivity contribution is 5.96. The normalized spacial score (nSPS) is 11.1. The number of rotatable bonds is 5. The second-order valence-electron chi connectivity index (χ2n) is 5.22. The Hall–Kier alpha value is -2.04. The summed E-state index contributed by atoms with van der Waals surface area (Å²) >= 11 is 0. The van der Waals surface area contributed by atoms with E-state index in [1.807, 2.05) is 6.92 Å². The van der Waals surface area contributed by atoms with Gasteiger partial charge in [-0.2, -0.15) is 0 Å². The fourth-order valence-corrected chi connectivity index (χ4v) is 1.52. The van der Waals surface area contributed by atoms with Crippen LogP contribution in [0.5, 0.6) is 5.75 Å². The summed E-state index contributed by atoms with van der Waals surface area (Å²) in [4.78, 5) is 22.7. The molecule has 104 valence electrons. The largest absolute Gasteiger partial charge is 0.507 e. The first-order chi connectivity index (χ1) is 8.74. The molecule has 0 aliphatic rings. The summed E-state index contributed by atoms with van der Waals surface area (Å²) in [6.07, 6.45) is 0.320. The number of nitrogens with one attached hydrogen (secondary N) is 1. The number of benzene rings is 1. The predicted octanol–water partition coefficient (Wildman–Crippen LogP) is 1.93. The molecule has 0 saturated carbocycles. The predicted molar refractivity (Wildman–Crippen MR) is 71.2 cm³/mol. The molecule has 0 aromatic heterocycles. The zero-order chi connectivity index (χ0) is 14.6. The van der Waals surface area contributed by atoms with E-state index in [0.717, 1.165) is 5.56 Å². The van der Waals surface area contributed by atoms with Gasteiger partial charge in [-0.15, -0.1) is 0 Å². The van der Waals surface area contributed by atoms with Crippen molar-refractivity contribution in [3.63, 3.8) is 0 Å². The van der Waals surface area contributed by atoms with Crippen LogP contribution >= 0.6 is 0 Å². The van der Waals surface area contributed by atoms with Gasteiger partial charge in [0.15, 0.2) is 0 Å². The molecule has 0 saturated heterocycles. The Labute approximate surface area is 112 Å². The Balaban J connectivity index is 2.59. The molecule has 0 fully saturated rings. The summed E-state index contributed by atoms with van der Waals surface area (Å²) in [5.41, 5.74) is 0.169. The molecule has 5 nitrogen and oxygen atoms in total. The number of carboxylic acid groups (broad SMARTS) is 1. The summed E-state index contributed by atoms with van der Waals surface area (Å²) in [6, 6.07) is 4.79. The summed E-state index contributed by atoms with van der Waals surface area (Å²) < 4.78 is 0. The van der Waals surface area contributed by atoms with E-state index in [2.05, 4.69) is 5.32 Å². The van der Waals surface area contributed by atoms with E-state index in [1.54, 1.807) is 26.0 Å². The molecule has 3 N–H and O–H groups in total. The molecular weight excluding hydrogens is 246 g/mol. The van der Waals surface area contributed by atoms with E-state index in [4.69, 9.17) is 5.11 Å². The number of hydrogen-bond donors (Lipinski definition) is 3. The molecule has 1 aromatic carbocycles. The molecule has 0 atom stereocenters. The second-order valence-corrected chi connectivity index (χ2v) is 5.22. The Bertz CT molecular complexity index is 494. The van der Waals surface area contributed by atoms with Crippen LogP contribution in [0.25, 0.3) is 0 Å². The summed E-state index contributed by atoms with van der Waals surface area (Å²) in [5, 5.41) is 21.2. The number of aliphatic carboxylic acids is 1. The number of aryl methyl sites for hydroxylation is 1. The monoisotopic (exact) mass is 265 g/mol. The lowest BCUT2D eigenvalue weighted by molar-refractivity contribution is -0.147. The van der Waals surface area contributed by atoms with Gasteiger partial charge in [0.05, 0.1) is 11.0 Å². The number of phenolic OH excluding ortho intramolecular Hbond substituents is 1. The van der Waals surface area contributed by atoms with Crippen LogP contribution in [-0.2, 0) is 4.79 Å². The van der Waals surface area contributed by atoms with Crippen molar-refractivity contribution >= 4 is 11.9 Å². The zero-order valence-corrected chi connectivity index (χ0v) is 11.4. The number of aromatic hydroxyl groups is 1. The van der Waals surface area contributed by atoms with Crippen molar-refractivity contribution in [2.75, 3.05) is 6.54 Å². The molecule has 1 aromatic rings. The van der Waals surface area contributed by atoms with Gasteiger partial charge in [0.1, 0.15) is 5.75 Å². The SMILES string of the molecule is Cc1ccc(C(=O)NCCC(C)(C)C(=O)O)c(O)c1. The maximum absolute atomic E-state index is 11.8. The highest BCUT2D eigenvalue weighted by Crippen LogP contribution is 2.20. The topological polar surface area (TPSA) is 86.6 Å². The highest BCUT2D eigenvalue weighted by atomic mass is 16.4. The van der Waals surface area contributed by atoms with Crippen LogP contribution in [0.4, 0.5) is 0 Å². The van der Waals surface area contributed by atoms with Crippen molar-refractivity contribution in [1.82, 2.24) is 5.32 Å². The lowest BCUT2D eigenvalue weighted by atomic mass is 9.90. The Kier molecular flexibility index (Phi) is 4.53. The van der Waals surface area contributed by atoms with Gasteiger partial charge in [0.25, 0.3) is 5.91 Å². The molecule has 0 aliphatic carbocycles. The number of amides is 1. The molecule has 0 bridgehead atoms. The van der Waals surface area contributed by atoms with E-state index in [9.17, 15) is 14.7 Å². The van der Waals surface area contributed by atoms with Crippen molar-refractivity contribution in [3.8, 4) is 5.75 Å². The number of hydrogen-bond acceptors (Lipinski definition) is 3. The maximum Gasteiger partial charge on any atom is 0.309 e. The average Bonchev–Trinajstić information content (AvgIpc) is 2.28. The summed E-state index contributed by atoms with van der Waals surface area (Å²) in [5.74, 6) is -1.38. The Morgan fingerprint density at radius 1 is 1.32 bits per heavy atom. The minimum Gasteiger partial charge on any atom is -0.507 e. The fourth-order valence-electron chi connectivity index (χ4n) is 1.52. The van der Waals surface area contributed by atoms with Crippen LogP contribution in [-0.4, -0.2) is 28.6 Å². The quantitative estimate of drug-likeness (QED) is 0.759. The summed E-state index contributed by atoms with van der Waals surface area (Å²) in [7, 11) is 0. The minimum atomic E-state index is -0.903. The average molecular weight is 265 g/mol. The third kappa shape index (κ3) is 3.98. The number of carbonyl (C=O) groups excluding carboxylic acids is 1. The molecule has 5 heteroatoms. The van der Waals surface area contributed by atoms with Gasteiger partial charge in [-0.3, -0.25) is 9.59 Å². The van der Waals surface area contributed by atoms with Gasteiger partial charge in [0.2, 0.25) is 0 Å². The molecule has 0 heterocycles. The van der Waals surface area contributed by atoms with Crippen LogP contribution in [0.15, 0.2) is 18.2 Å². The standard InChI is InChI=1S/C14H19NO4/c1-9-4-5-10(11(16)8-9)12(17)15-7-6-14(2,3)13(18)19/h4-5,8,16H,6-7H2,1-3H3,(H,15,17)(H,18,19). The van der Waals surface area contributed by atoms with Gasteiger partial charge < -0.3 is 15.5 Å². The molecule has 19 heavy (non-hydrogen) atoms. The van der Waals surface area contributed by atoms with Crippen molar-refractivity contribution < 1.29 is 19.8 Å². The van der Waals surface area contributed by atoms with Crippen molar-refractivity contribution in [2.24, 2.45) is 5.41 Å². The van der Waals surface area contributed by atoms with E-state index in [1.165, 1.54) is 6.07 Å². The first kappa shape index (κ1) is 15.0. The highest BCUT2D eigenvalue weighted by Gasteiger charge is 2.26. The molecule has 0 unspecified atom stereocenters. The molecule has 0 aliphatic heterocycles. The maximum atomic E-state index is 11.8. The van der Waals surface area contributed by atoms with E-state index in [-0.39, 0.29) is 17.9 Å². The van der Waals surface area contributed by atoms with Crippen LogP contribution in [0.1, 0.15) is 36.2 Å². The van der Waals surface area contributed by atoms with Crippen LogP contribution in [0.3, 0.4) is 0 Å². The van der Waals surface area contributed by atoms with Crippen LogP contribution in [0, 0.1) is 12.3 Å². The lowest BCUT2D eigenvalue weighted by Gasteiger charge is -2.19. The third-order valence-electron chi connectivity index (χ3n) is 3.01. The van der Waals surface area contributed by atoms with Gasteiger partial charge in [-0.25, -0.2) is 0 Å². The van der Waals surface area contributed by atoms with Crippen molar-refractivity contribution in [1.29, 1.82) is 0 Å². The first-order valence-corrected chi connectivity index (χ1v) is 6.05. The molecule has 1 amide bonds. The number of phenols is 1. The lowest BCUT2D eigenvalue weighted by Crippen LogP contribution is -2.31. The van der Waals surface area contributed by atoms with E-state index >= 15 is 0 Å². The molecule has 0 spiro atoms. The van der Waals surface area contributed by atoms with E-state index < -0.39 is 17.3 Å². The fraction of sp³-hybridized carbons (Fsp3) is 0.429. The van der Waals surface area contributed by atoms with Gasteiger partial charge >= 0.3 is 5.97 Å². The Morgan fingerprint density at radius 3 is 2.47 bits per heavy atom. The van der Waals surface area contributed by atoms with E-state index in [0.29, 0.717) is 6.42 Å².